The summed E-state index contributed by atoms with van der Waals surface area (Å²) in [5.74, 6) is -1.95. The highest BCUT2D eigenvalue weighted by Crippen LogP contribution is 2.40. The van der Waals surface area contributed by atoms with Crippen LogP contribution < -0.4 is 10.7 Å². The number of aromatic hydroxyl groups is 1. The van der Waals surface area contributed by atoms with E-state index in [0.29, 0.717) is 34.0 Å². The predicted octanol–water partition coefficient (Wildman–Crippen LogP) is 3.57. The molecule has 0 fully saturated rings. The molecule has 8 nitrogen and oxygen atoms in total. The van der Waals surface area contributed by atoms with E-state index in [9.17, 15) is 19.5 Å². The van der Waals surface area contributed by atoms with Crippen LogP contribution in [0.15, 0.2) is 36.0 Å². The number of phenolic OH excluding ortho intramolecular Hbond substituents is 1. The molecule has 1 heterocycles. The molecule has 1 aliphatic carbocycles. The first-order valence-electron chi connectivity index (χ1n) is 10.7. The topological polar surface area (TPSA) is 117 Å². The van der Waals surface area contributed by atoms with Crippen molar-refractivity contribution in [2.75, 3.05) is 11.9 Å². The van der Waals surface area contributed by atoms with Crippen LogP contribution in [-0.2, 0) is 33.6 Å². The minimum absolute atomic E-state index is 0.0253. The number of nitrogens with one attached hydrogen (secondary N) is 2. The van der Waals surface area contributed by atoms with Gasteiger partial charge in [-0.1, -0.05) is 25.1 Å². The van der Waals surface area contributed by atoms with Gasteiger partial charge in [0.2, 0.25) is 0 Å². The Bertz CT molecular complexity index is 1110. The number of carbonyl (C=O) groups excluding carboxylic acids is 3. The van der Waals surface area contributed by atoms with E-state index in [4.69, 9.17) is 4.74 Å². The number of para-hydroxylation sites is 1. The summed E-state index contributed by atoms with van der Waals surface area (Å²) in [5.41, 5.74) is 4.42. The number of thiophene rings is 1. The molecule has 0 radical (unpaired) electrons. The molecule has 1 aliphatic rings. The van der Waals surface area contributed by atoms with Gasteiger partial charge in [-0.3, -0.25) is 9.59 Å². The largest absolute Gasteiger partial charge is 0.507 e. The van der Waals surface area contributed by atoms with E-state index in [1.165, 1.54) is 17.6 Å². The Kier molecular flexibility index (Phi) is 8.00. The summed E-state index contributed by atoms with van der Waals surface area (Å²) in [6.07, 6.45) is 5.88. The number of hydrogen-bond donors (Lipinski definition) is 3. The molecule has 0 saturated heterocycles. The summed E-state index contributed by atoms with van der Waals surface area (Å²) < 4.78 is 5.18. The van der Waals surface area contributed by atoms with Crippen molar-refractivity contribution in [2.24, 2.45) is 11.0 Å². The van der Waals surface area contributed by atoms with Crippen molar-refractivity contribution in [1.29, 1.82) is 0 Å². The fraction of sp³-hybridized carbons (Fsp3) is 0.333. The molecule has 1 aromatic heterocycles. The average Bonchev–Trinajstić information content (AvgIpc) is 3.13. The number of hydrogen-bond acceptors (Lipinski definition) is 7. The van der Waals surface area contributed by atoms with Crippen LogP contribution in [0.4, 0.5) is 5.00 Å². The molecule has 0 spiro atoms. The van der Waals surface area contributed by atoms with E-state index < -0.39 is 17.8 Å². The second kappa shape index (κ2) is 10.9. The van der Waals surface area contributed by atoms with Gasteiger partial charge in [0.15, 0.2) is 0 Å². The molecule has 9 heteroatoms. The molecule has 3 rings (SSSR count). The van der Waals surface area contributed by atoms with Crippen LogP contribution in [0.25, 0.3) is 0 Å². The van der Waals surface area contributed by atoms with E-state index in [1.807, 2.05) is 0 Å². The maximum absolute atomic E-state index is 12.5. The number of hydrazone groups is 1. The lowest BCUT2D eigenvalue weighted by Gasteiger charge is -2.18. The second-order valence-electron chi connectivity index (χ2n) is 7.78. The number of nitrogens with zero attached hydrogens (tertiary/aromatic N) is 1. The number of ether oxygens (including phenoxy) is 1. The highest BCUT2D eigenvalue weighted by Gasteiger charge is 2.30. The van der Waals surface area contributed by atoms with Crippen molar-refractivity contribution < 1.29 is 24.2 Å². The highest BCUT2D eigenvalue weighted by molar-refractivity contribution is 7.17. The number of phenols is 1. The molecular formula is C24H27N3O5S. The van der Waals surface area contributed by atoms with Crippen LogP contribution in [0.5, 0.6) is 5.75 Å². The smallest absolute Gasteiger partial charge is 0.341 e. The summed E-state index contributed by atoms with van der Waals surface area (Å²) in [7, 11) is 0. The van der Waals surface area contributed by atoms with Crippen LogP contribution in [0, 0.1) is 5.92 Å². The Labute approximate surface area is 196 Å². The van der Waals surface area contributed by atoms with Crippen LogP contribution in [0.3, 0.4) is 0 Å². The fourth-order valence-electron chi connectivity index (χ4n) is 3.66. The van der Waals surface area contributed by atoms with Crippen molar-refractivity contribution >= 4 is 40.3 Å². The van der Waals surface area contributed by atoms with Gasteiger partial charge in [-0.2, -0.15) is 5.10 Å². The van der Waals surface area contributed by atoms with E-state index in [1.54, 1.807) is 31.2 Å². The Morgan fingerprint density at radius 1 is 1.33 bits per heavy atom. The first-order valence-corrected chi connectivity index (χ1v) is 11.5. The van der Waals surface area contributed by atoms with Gasteiger partial charge in [0.25, 0.3) is 0 Å². The lowest BCUT2D eigenvalue weighted by Crippen LogP contribution is -2.32. The summed E-state index contributed by atoms with van der Waals surface area (Å²) in [4.78, 5) is 38.3. The molecule has 0 unspecified atom stereocenters. The lowest BCUT2D eigenvalue weighted by molar-refractivity contribution is -0.136. The number of fused-ring (bicyclic) bond motifs is 1. The third-order valence-electron chi connectivity index (χ3n) is 5.31. The third-order valence-corrected chi connectivity index (χ3v) is 6.48. The van der Waals surface area contributed by atoms with Crippen molar-refractivity contribution in [1.82, 2.24) is 5.43 Å². The first-order chi connectivity index (χ1) is 15.8. The summed E-state index contributed by atoms with van der Waals surface area (Å²) in [6, 6.07) is 5.12. The molecule has 1 atom stereocenters. The molecule has 33 heavy (non-hydrogen) atoms. The maximum Gasteiger partial charge on any atom is 0.341 e. The summed E-state index contributed by atoms with van der Waals surface area (Å²) in [6.45, 7) is 7.71. The molecule has 2 amide bonds. The molecule has 0 bridgehead atoms. The van der Waals surface area contributed by atoms with Crippen LogP contribution in [0.2, 0.25) is 0 Å². The van der Waals surface area contributed by atoms with Gasteiger partial charge in [-0.15, -0.1) is 17.9 Å². The van der Waals surface area contributed by atoms with Crippen LogP contribution >= 0.6 is 11.3 Å². The number of allylic oxidation sites excluding steroid dienone is 1. The predicted molar refractivity (Wildman–Crippen MR) is 128 cm³/mol. The lowest BCUT2D eigenvalue weighted by atomic mass is 9.88. The van der Waals surface area contributed by atoms with E-state index in [0.717, 1.165) is 29.7 Å². The van der Waals surface area contributed by atoms with Gasteiger partial charge >= 0.3 is 17.8 Å². The quantitative estimate of drug-likeness (QED) is 0.188. The normalized spacial score (nSPS) is 15.0. The number of rotatable bonds is 7. The summed E-state index contributed by atoms with van der Waals surface area (Å²) in [5, 5.41) is 16.9. The van der Waals surface area contributed by atoms with Crippen molar-refractivity contribution in [3.8, 4) is 5.75 Å². The van der Waals surface area contributed by atoms with Crippen molar-refractivity contribution in [3.63, 3.8) is 0 Å². The SMILES string of the molecule is C=CCc1cccc(/C=N\NC(=O)C(=O)Nc2sc3c(c2C(=O)OCC)CC[C@@H](C)C3)c1O. The zero-order valence-corrected chi connectivity index (χ0v) is 19.5. The molecule has 0 aliphatic heterocycles. The molecule has 3 N–H and O–H groups in total. The first kappa shape index (κ1) is 24.2. The average molecular weight is 470 g/mol. The molecule has 0 saturated carbocycles. The minimum atomic E-state index is -0.998. The molecule has 174 valence electrons. The Hall–Kier alpha value is -3.46. The summed E-state index contributed by atoms with van der Waals surface area (Å²) >= 11 is 1.30. The van der Waals surface area contributed by atoms with Crippen molar-refractivity contribution in [3.05, 3.63) is 58.0 Å². The number of amides is 2. The number of esters is 1. The van der Waals surface area contributed by atoms with Gasteiger partial charge in [-0.05, 0) is 55.7 Å². The van der Waals surface area contributed by atoms with E-state index in [2.05, 4.69) is 29.3 Å². The minimum Gasteiger partial charge on any atom is -0.507 e. The zero-order chi connectivity index (χ0) is 24.0. The van der Waals surface area contributed by atoms with Crippen LogP contribution in [0.1, 0.15) is 52.2 Å². The fourth-order valence-corrected chi connectivity index (χ4v) is 5.06. The molecule has 2 aromatic rings. The number of anilines is 1. The van der Waals surface area contributed by atoms with Gasteiger partial charge in [-0.25, -0.2) is 10.2 Å². The zero-order valence-electron chi connectivity index (χ0n) is 18.6. The van der Waals surface area contributed by atoms with Gasteiger partial charge in [0, 0.05) is 10.4 Å². The standard InChI is InChI=1S/C24H27N3O5S/c1-4-7-15-8-6-9-16(20(15)28)13-25-27-22(30)21(29)26-23-19(24(31)32-5-2)17-11-10-14(3)12-18(17)33-23/h4,6,8-9,13-14,28H,1,5,7,10-12H2,2-3H3,(H,26,29)(H,27,30)/b25-13-/t14-/m1/s1. The maximum atomic E-state index is 12.5. The van der Waals surface area contributed by atoms with Crippen molar-refractivity contribution in [2.45, 2.75) is 39.5 Å². The third kappa shape index (κ3) is 5.67. The number of carbonyl (C=O) groups is 3. The Morgan fingerprint density at radius 2 is 2.12 bits per heavy atom. The van der Waals surface area contributed by atoms with E-state index >= 15 is 0 Å². The monoisotopic (exact) mass is 469 g/mol. The van der Waals surface area contributed by atoms with Gasteiger partial charge in [0.05, 0.1) is 18.4 Å². The van der Waals surface area contributed by atoms with Gasteiger partial charge in [0.1, 0.15) is 10.8 Å². The molecular weight excluding hydrogens is 442 g/mol. The van der Waals surface area contributed by atoms with Gasteiger partial charge < -0.3 is 15.2 Å². The Balaban J connectivity index is 1.72. The second-order valence-corrected chi connectivity index (χ2v) is 8.88. The van der Waals surface area contributed by atoms with Crippen LogP contribution in [-0.4, -0.2) is 35.7 Å². The molecule has 1 aromatic carbocycles. The van der Waals surface area contributed by atoms with E-state index in [-0.39, 0.29) is 12.4 Å². The highest BCUT2D eigenvalue weighted by atomic mass is 32.1. The number of benzene rings is 1. The Morgan fingerprint density at radius 3 is 2.85 bits per heavy atom.